The molecule has 1 aliphatic heterocycles. The van der Waals surface area contributed by atoms with Crippen molar-refractivity contribution in [2.45, 2.75) is 0 Å². The fraction of sp³-hybridized carbons (Fsp3) is 0.294. The lowest BCUT2D eigenvalue weighted by atomic mass is 10.2. The third kappa shape index (κ3) is 3.34. The molecule has 7 nitrogen and oxygen atoms in total. The molecule has 0 N–H and O–H groups in total. The minimum absolute atomic E-state index is 0.102. The van der Waals surface area contributed by atoms with E-state index in [4.69, 9.17) is 0 Å². The standard InChI is InChI=1S/C17H19N5O2/c1-20(15-5-3-2-4-6-15)17-18-11-14(12-19-17)16(24)22-9-7-21(13-23)8-10-22/h2-6,11-13H,7-10H2,1H3. The van der Waals surface area contributed by atoms with Crippen LogP contribution in [0.4, 0.5) is 11.6 Å². The van der Waals surface area contributed by atoms with E-state index in [-0.39, 0.29) is 5.91 Å². The monoisotopic (exact) mass is 325 g/mol. The van der Waals surface area contributed by atoms with Crippen LogP contribution in [0, 0.1) is 0 Å². The molecule has 1 aromatic heterocycles. The number of aromatic nitrogens is 2. The second kappa shape index (κ2) is 7.08. The van der Waals surface area contributed by atoms with Gasteiger partial charge in [0.2, 0.25) is 12.4 Å². The maximum absolute atomic E-state index is 12.5. The smallest absolute Gasteiger partial charge is 0.257 e. The molecule has 2 heterocycles. The van der Waals surface area contributed by atoms with E-state index in [0.717, 1.165) is 12.1 Å². The SMILES string of the molecule is CN(c1ccccc1)c1ncc(C(=O)N2CCN(C=O)CC2)cn1. The summed E-state index contributed by atoms with van der Waals surface area (Å²) in [5.74, 6) is 0.429. The van der Waals surface area contributed by atoms with E-state index in [1.54, 1.807) is 22.2 Å². The van der Waals surface area contributed by atoms with Crippen LogP contribution in [0.25, 0.3) is 0 Å². The van der Waals surface area contributed by atoms with Gasteiger partial charge < -0.3 is 14.7 Å². The van der Waals surface area contributed by atoms with Crippen LogP contribution in [-0.2, 0) is 4.79 Å². The van der Waals surface area contributed by atoms with Gasteiger partial charge in [-0.1, -0.05) is 18.2 Å². The van der Waals surface area contributed by atoms with Gasteiger partial charge in [-0.25, -0.2) is 9.97 Å². The highest BCUT2D eigenvalue weighted by Crippen LogP contribution is 2.19. The van der Waals surface area contributed by atoms with Crippen molar-refractivity contribution in [1.82, 2.24) is 19.8 Å². The van der Waals surface area contributed by atoms with Crippen LogP contribution in [0.2, 0.25) is 0 Å². The van der Waals surface area contributed by atoms with Crippen molar-refractivity contribution in [3.63, 3.8) is 0 Å². The summed E-state index contributed by atoms with van der Waals surface area (Å²) in [5, 5.41) is 0. The van der Waals surface area contributed by atoms with Crippen molar-refractivity contribution >= 4 is 24.0 Å². The van der Waals surface area contributed by atoms with Gasteiger partial charge >= 0.3 is 0 Å². The zero-order valence-corrected chi connectivity index (χ0v) is 13.5. The number of carbonyl (C=O) groups is 2. The molecule has 0 radical (unpaired) electrons. The summed E-state index contributed by atoms with van der Waals surface area (Å²) >= 11 is 0. The molecule has 1 saturated heterocycles. The van der Waals surface area contributed by atoms with E-state index in [1.165, 1.54) is 0 Å². The zero-order valence-electron chi connectivity index (χ0n) is 13.5. The first-order valence-corrected chi connectivity index (χ1v) is 7.78. The summed E-state index contributed by atoms with van der Waals surface area (Å²) in [6, 6.07) is 9.78. The van der Waals surface area contributed by atoms with E-state index < -0.39 is 0 Å². The Kier molecular flexibility index (Phi) is 4.69. The van der Waals surface area contributed by atoms with E-state index in [9.17, 15) is 9.59 Å². The number of hydrogen-bond acceptors (Lipinski definition) is 5. The molecule has 0 saturated carbocycles. The van der Waals surface area contributed by atoms with Gasteiger partial charge in [0.15, 0.2) is 0 Å². The highest BCUT2D eigenvalue weighted by atomic mass is 16.2. The second-order valence-corrected chi connectivity index (χ2v) is 5.60. The molecule has 0 atom stereocenters. The molecule has 1 fully saturated rings. The van der Waals surface area contributed by atoms with Crippen LogP contribution >= 0.6 is 0 Å². The van der Waals surface area contributed by atoms with Gasteiger partial charge in [0, 0.05) is 51.3 Å². The van der Waals surface area contributed by atoms with Gasteiger partial charge in [0.25, 0.3) is 5.91 Å². The van der Waals surface area contributed by atoms with Crippen LogP contribution < -0.4 is 4.90 Å². The largest absolute Gasteiger partial charge is 0.342 e. The molecule has 0 spiro atoms. The fourth-order valence-electron chi connectivity index (χ4n) is 2.58. The van der Waals surface area contributed by atoms with Gasteiger partial charge in [0.1, 0.15) is 0 Å². The van der Waals surface area contributed by atoms with Gasteiger partial charge in [-0.2, -0.15) is 0 Å². The Bertz CT molecular complexity index is 697. The summed E-state index contributed by atoms with van der Waals surface area (Å²) in [4.78, 5) is 37.0. The Morgan fingerprint density at radius 2 is 1.71 bits per heavy atom. The first-order chi connectivity index (χ1) is 11.7. The summed E-state index contributed by atoms with van der Waals surface area (Å²) in [6.07, 6.45) is 3.92. The minimum atomic E-state index is -0.102. The molecule has 7 heteroatoms. The molecule has 24 heavy (non-hydrogen) atoms. The van der Waals surface area contributed by atoms with Gasteiger partial charge in [-0.15, -0.1) is 0 Å². The van der Waals surface area contributed by atoms with Crippen LogP contribution in [0.15, 0.2) is 42.7 Å². The highest BCUT2D eigenvalue weighted by molar-refractivity contribution is 5.93. The summed E-state index contributed by atoms with van der Waals surface area (Å²) in [5.41, 5.74) is 1.43. The maximum Gasteiger partial charge on any atom is 0.257 e. The lowest BCUT2D eigenvalue weighted by molar-refractivity contribution is -0.119. The van der Waals surface area contributed by atoms with Crippen LogP contribution in [0.3, 0.4) is 0 Å². The molecule has 2 aromatic rings. The number of carbonyl (C=O) groups excluding carboxylic acids is 2. The lowest BCUT2D eigenvalue weighted by Gasteiger charge is -2.32. The van der Waals surface area contributed by atoms with Crippen molar-refractivity contribution in [2.75, 3.05) is 38.1 Å². The summed E-state index contributed by atoms with van der Waals surface area (Å²) in [7, 11) is 1.88. The maximum atomic E-state index is 12.5. The first-order valence-electron chi connectivity index (χ1n) is 7.78. The predicted molar refractivity (Wildman–Crippen MR) is 90.1 cm³/mol. The highest BCUT2D eigenvalue weighted by Gasteiger charge is 2.22. The molecule has 124 valence electrons. The van der Waals surface area contributed by atoms with E-state index in [0.29, 0.717) is 37.7 Å². The Morgan fingerprint density at radius 3 is 2.29 bits per heavy atom. The molecule has 0 unspecified atom stereocenters. The van der Waals surface area contributed by atoms with E-state index in [2.05, 4.69) is 9.97 Å². The number of benzene rings is 1. The van der Waals surface area contributed by atoms with Crippen LogP contribution in [0.5, 0.6) is 0 Å². The number of para-hydroxylation sites is 1. The third-order valence-electron chi connectivity index (χ3n) is 4.08. The number of amides is 2. The Balaban J connectivity index is 1.68. The first kappa shape index (κ1) is 15.9. The normalized spacial score (nSPS) is 14.4. The van der Waals surface area contributed by atoms with Crippen molar-refractivity contribution in [3.8, 4) is 0 Å². The number of piperazine rings is 1. The molecule has 3 rings (SSSR count). The zero-order chi connectivity index (χ0) is 16.9. The number of rotatable bonds is 4. The Morgan fingerprint density at radius 1 is 1.08 bits per heavy atom. The molecule has 2 amide bonds. The Labute approximate surface area is 140 Å². The lowest BCUT2D eigenvalue weighted by Crippen LogP contribution is -2.48. The van der Waals surface area contributed by atoms with Crippen molar-refractivity contribution in [3.05, 3.63) is 48.3 Å². The molecule has 1 aliphatic rings. The molecular formula is C17H19N5O2. The summed E-state index contributed by atoms with van der Waals surface area (Å²) < 4.78 is 0. The van der Waals surface area contributed by atoms with Crippen molar-refractivity contribution in [2.24, 2.45) is 0 Å². The van der Waals surface area contributed by atoms with E-state index >= 15 is 0 Å². The summed E-state index contributed by atoms with van der Waals surface area (Å²) in [6.45, 7) is 2.18. The van der Waals surface area contributed by atoms with Crippen molar-refractivity contribution in [1.29, 1.82) is 0 Å². The molecule has 1 aromatic carbocycles. The number of nitrogens with zero attached hydrogens (tertiary/aromatic N) is 5. The predicted octanol–water partition coefficient (Wildman–Crippen LogP) is 1.16. The van der Waals surface area contributed by atoms with Crippen LogP contribution in [0.1, 0.15) is 10.4 Å². The average Bonchev–Trinajstić information content (AvgIpc) is 2.68. The van der Waals surface area contributed by atoms with Crippen LogP contribution in [-0.4, -0.2) is 65.3 Å². The quantitative estimate of drug-likeness (QED) is 0.789. The fourth-order valence-corrected chi connectivity index (χ4v) is 2.58. The second-order valence-electron chi connectivity index (χ2n) is 5.60. The Hall–Kier alpha value is -2.96. The molecular weight excluding hydrogens is 306 g/mol. The number of hydrogen-bond donors (Lipinski definition) is 0. The van der Waals surface area contributed by atoms with E-state index in [1.807, 2.05) is 42.3 Å². The molecule has 0 bridgehead atoms. The van der Waals surface area contributed by atoms with Gasteiger partial charge in [-0.05, 0) is 12.1 Å². The van der Waals surface area contributed by atoms with Gasteiger partial charge in [-0.3, -0.25) is 9.59 Å². The number of anilines is 2. The average molecular weight is 325 g/mol. The molecule has 0 aliphatic carbocycles. The minimum Gasteiger partial charge on any atom is -0.342 e. The topological polar surface area (TPSA) is 69.6 Å². The van der Waals surface area contributed by atoms with Gasteiger partial charge in [0.05, 0.1) is 5.56 Å². The van der Waals surface area contributed by atoms with Crippen molar-refractivity contribution < 1.29 is 9.59 Å². The third-order valence-corrected chi connectivity index (χ3v) is 4.08.